The van der Waals surface area contributed by atoms with E-state index in [1.54, 1.807) is 0 Å². The number of rotatable bonds is 7. The normalized spacial score (nSPS) is 10.1. The number of hydrogen-bond acceptors (Lipinski definition) is 3. The molecule has 0 heterocycles. The molecule has 9 heteroatoms. The number of anilines is 2. The van der Waals surface area contributed by atoms with E-state index in [9.17, 15) is 9.59 Å². The summed E-state index contributed by atoms with van der Waals surface area (Å²) >= 11 is 11.5. The zero-order valence-electron chi connectivity index (χ0n) is 11.8. The van der Waals surface area contributed by atoms with Crippen LogP contribution in [0.1, 0.15) is 11.1 Å². The summed E-state index contributed by atoms with van der Waals surface area (Å²) in [4.78, 5) is 22.0. The van der Waals surface area contributed by atoms with Gasteiger partial charge in [-0.05, 0) is 12.8 Å². The van der Waals surface area contributed by atoms with E-state index in [0.717, 1.165) is 0 Å². The van der Waals surface area contributed by atoms with Crippen LogP contribution in [0.3, 0.4) is 0 Å². The van der Waals surface area contributed by atoms with Crippen LogP contribution in [0.25, 0.3) is 0 Å². The van der Waals surface area contributed by atoms with Crippen molar-refractivity contribution < 1.29 is 24.5 Å². The molecule has 0 aliphatic carbocycles. The molecule has 0 aliphatic heterocycles. The summed E-state index contributed by atoms with van der Waals surface area (Å²) in [6.45, 7) is 0. The smallest absolute Gasteiger partial charge is 0.409 e. The van der Waals surface area contributed by atoms with Gasteiger partial charge in [-0.3, -0.25) is 10.6 Å². The van der Waals surface area contributed by atoms with Crippen molar-refractivity contribution in [1.29, 1.82) is 0 Å². The Balaban J connectivity index is 3.57. The van der Waals surface area contributed by atoms with Crippen molar-refractivity contribution >= 4 is 46.8 Å². The van der Waals surface area contributed by atoms with Crippen molar-refractivity contribution in [2.24, 2.45) is 0 Å². The highest BCUT2D eigenvalue weighted by Crippen LogP contribution is 2.37. The average Bonchev–Trinajstić information content (AvgIpc) is 2.43. The Morgan fingerprint density at radius 1 is 1.09 bits per heavy atom. The van der Waals surface area contributed by atoms with Crippen LogP contribution in [0.2, 0.25) is 0 Å². The Bertz CT molecular complexity index is 566. The van der Waals surface area contributed by atoms with E-state index < -0.39 is 12.2 Å². The first-order chi connectivity index (χ1) is 10.4. The second kappa shape index (κ2) is 8.55. The predicted molar refractivity (Wildman–Crippen MR) is 85.1 cm³/mol. The van der Waals surface area contributed by atoms with Crippen molar-refractivity contribution in [2.75, 3.05) is 29.5 Å². The molecule has 122 valence electrons. The third kappa shape index (κ3) is 4.57. The summed E-state index contributed by atoms with van der Waals surface area (Å²) in [5, 5.41) is 22.5. The summed E-state index contributed by atoms with van der Waals surface area (Å²) in [5.74, 6) is 0.776. The summed E-state index contributed by atoms with van der Waals surface area (Å²) in [6, 6.07) is 1.49. The summed E-state index contributed by atoms with van der Waals surface area (Å²) in [7, 11) is 1.41. The molecule has 0 atom stereocenters. The first-order valence-corrected chi connectivity index (χ1v) is 7.36. The molecule has 0 spiro atoms. The van der Waals surface area contributed by atoms with E-state index in [1.807, 2.05) is 0 Å². The molecule has 1 aromatic rings. The molecule has 22 heavy (non-hydrogen) atoms. The van der Waals surface area contributed by atoms with Gasteiger partial charge in [0.1, 0.15) is 5.75 Å². The maximum Gasteiger partial charge on any atom is 0.409 e. The first-order valence-electron chi connectivity index (χ1n) is 6.29. The largest absolute Gasteiger partial charge is 0.496 e. The molecule has 0 radical (unpaired) electrons. The van der Waals surface area contributed by atoms with Gasteiger partial charge in [0, 0.05) is 29.0 Å². The maximum absolute atomic E-state index is 11.1. The van der Waals surface area contributed by atoms with Gasteiger partial charge in [-0.1, -0.05) is 0 Å². The Morgan fingerprint density at radius 2 is 1.64 bits per heavy atom. The van der Waals surface area contributed by atoms with Gasteiger partial charge in [0.05, 0.1) is 18.5 Å². The summed E-state index contributed by atoms with van der Waals surface area (Å²) in [5.41, 5.74) is 1.46. The highest BCUT2D eigenvalue weighted by molar-refractivity contribution is 6.18. The molecule has 2 amide bonds. The van der Waals surface area contributed by atoms with E-state index in [4.69, 9.17) is 38.2 Å². The van der Waals surface area contributed by atoms with Crippen molar-refractivity contribution in [3.05, 3.63) is 17.2 Å². The number of methoxy groups -OCH3 is 1. The SMILES string of the molecule is COc1cc(NC(=O)O)c(CCCl)c(NC(=O)O)c1CCCl. The van der Waals surface area contributed by atoms with E-state index in [1.165, 1.54) is 13.2 Å². The zero-order chi connectivity index (χ0) is 16.7. The standard InChI is InChI=1S/C13H16Cl2N2O5/c1-22-10-6-9(16-12(18)19)7(2-4-14)11(17-13(20)21)8(10)3-5-15/h6,16-17H,2-5H2,1H3,(H,18,19)(H,20,21). The molecule has 1 aromatic carbocycles. The Hall–Kier alpha value is -1.86. The number of carbonyl (C=O) groups is 2. The molecule has 0 aromatic heterocycles. The van der Waals surface area contributed by atoms with E-state index in [-0.39, 0.29) is 29.6 Å². The van der Waals surface area contributed by atoms with E-state index in [0.29, 0.717) is 23.3 Å². The van der Waals surface area contributed by atoms with Crippen molar-refractivity contribution in [3.8, 4) is 5.75 Å². The number of halogens is 2. The fourth-order valence-electron chi connectivity index (χ4n) is 2.11. The van der Waals surface area contributed by atoms with Crippen molar-refractivity contribution in [2.45, 2.75) is 12.8 Å². The fourth-order valence-corrected chi connectivity index (χ4v) is 2.49. The van der Waals surface area contributed by atoms with Crippen LogP contribution in [-0.2, 0) is 12.8 Å². The minimum absolute atomic E-state index is 0.190. The Kier molecular flexibility index (Phi) is 7.07. The lowest BCUT2D eigenvalue weighted by Crippen LogP contribution is -2.17. The summed E-state index contributed by atoms with van der Waals surface area (Å²) in [6.07, 6.45) is -1.93. The zero-order valence-corrected chi connectivity index (χ0v) is 13.3. The number of nitrogens with one attached hydrogen (secondary N) is 2. The Labute approximate surface area is 137 Å². The lowest BCUT2D eigenvalue weighted by Gasteiger charge is -2.20. The molecular formula is C13H16Cl2N2O5. The third-order valence-corrected chi connectivity index (χ3v) is 3.26. The van der Waals surface area contributed by atoms with Gasteiger partial charge in [0.25, 0.3) is 0 Å². The van der Waals surface area contributed by atoms with E-state index >= 15 is 0 Å². The summed E-state index contributed by atoms with van der Waals surface area (Å²) < 4.78 is 5.22. The van der Waals surface area contributed by atoms with E-state index in [2.05, 4.69) is 10.6 Å². The van der Waals surface area contributed by atoms with Crippen LogP contribution in [0.5, 0.6) is 5.75 Å². The molecule has 0 saturated carbocycles. The lowest BCUT2D eigenvalue weighted by atomic mass is 9.99. The molecule has 7 nitrogen and oxygen atoms in total. The van der Waals surface area contributed by atoms with Crippen LogP contribution in [0.15, 0.2) is 6.07 Å². The van der Waals surface area contributed by atoms with Gasteiger partial charge in [-0.25, -0.2) is 9.59 Å². The van der Waals surface area contributed by atoms with Gasteiger partial charge in [-0.15, -0.1) is 23.2 Å². The minimum Gasteiger partial charge on any atom is -0.496 e. The molecule has 0 fully saturated rings. The van der Waals surface area contributed by atoms with Gasteiger partial charge in [0.2, 0.25) is 0 Å². The van der Waals surface area contributed by atoms with Gasteiger partial charge in [0.15, 0.2) is 0 Å². The van der Waals surface area contributed by atoms with Gasteiger partial charge >= 0.3 is 12.2 Å². The van der Waals surface area contributed by atoms with Crippen LogP contribution in [-0.4, -0.2) is 41.3 Å². The number of alkyl halides is 2. The second-order valence-electron chi connectivity index (χ2n) is 4.20. The molecule has 4 N–H and O–H groups in total. The van der Waals surface area contributed by atoms with Crippen molar-refractivity contribution in [3.63, 3.8) is 0 Å². The fraction of sp³-hybridized carbons (Fsp3) is 0.385. The third-order valence-electron chi connectivity index (χ3n) is 2.88. The molecule has 0 aliphatic rings. The number of carboxylic acid groups (broad SMARTS) is 2. The Morgan fingerprint density at radius 3 is 2.09 bits per heavy atom. The van der Waals surface area contributed by atoms with Gasteiger partial charge in [-0.2, -0.15) is 0 Å². The molecule has 0 saturated heterocycles. The maximum atomic E-state index is 11.1. The average molecular weight is 351 g/mol. The highest BCUT2D eigenvalue weighted by Gasteiger charge is 2.20. The molecular weight excluding hydrogens is 335 g/mol. The quantitative estimate of drug-likeness (QED) is 0.563. The first kappa shape index (κ1) is 18.2. The molecule has 0 bridgehead atoms. The number of benzene rings is 1. The second-order valence-corrected chi connectivity index (χ2v) is 4.95. The topological polar surface area (TPSA) is 108 Å². The highest BCUT2D eigenvalue weighted by atomic mass is 35.5. The van der Waals surface area contributed by atoms with Crippen molar-refractivity contribution in [1.82, 2.24) is 0 Å². The monoisotopic (exact) mass is 350 g/mol. The number of ether oxygens (including phenoxy) is 1. The predicted octanol–water partition coefficient (Wildman–Crippen LogP) is 3.44. The van der Waals surface area contributed by atoms with Crippen LogP contribution in [0.4, 0.5) is 21.0 Å². The van der Waals surface area contributed by atoms with Crippen LogP contribution in [0, 0.1) is 0 Å². The van der Waals surface area contributed by atoms with Crippen LogP contribution >= 0.6 is 23.2 Å². The lowest BCUT2D eigenvalue weighted by molar-refractivity contribution is 0.208. The number of amides is 2. The van der Waals surface area contributed by atoms with Gasteiger partial charge < -0.3 is 14.9 Å². The minimum atomic E-state index is -1.28. The number of hydrogen-bond donors (Lipinski definition) is 4. The molecule has 1 rings (SSSR count). The van der Waals surface area contributed by atoms with Crippen LogP contribution < -0.4 is 15.4 Å². The molecule has 0 unspecified atom stereocenters.